The van der Waals surface area contributed by atoms with Gasteiger partial charge in [-0.05, 0) is 38.6 Å². The smallest absolute Gasteiger partial charge is 0.256 e. The average molecular weight is 289 g/mol. The third-order valence-electron chi connectivity index (χ3n) is 3.79. The molecule has 0 saturated carbocycles. The molecule has 1 fully saturated rings. The van der Waals surface area contributed by atoms with Gasteiger partial charge in [0.1, 0.15) is 6.17 Å². The van der Waals surface area contributed by atoms with Gasteiger partial charge in [-0.1, -0.05) is 18.2 Å². The lowest BCUT2D eigenvalue weighted by Crippen LogP contribution is -2.52. The Morgan fingerprint density at radius 2 is 2.10 bits per heavy atom. The normalized spacial score (nSPS) is 20.9. The molecule has 1 atom stereocenters. The fourth-order valence-corrected chi connectivity index (χ4v) is 3.41. The fraction of sp³-hybridized carbons (Fsp3) is 0.467. The first-order chi connectivity index (χ1) is 9.59. The molecule has 0 radical (unpaired) electrons. The first kappa shape index (κ1) is 13.4. The summed E-state index contributed by atoms with van der Waals surface area (Å²) in [7, 11) is 0. The van der Waals surface area contributed by atoms with E-state index in [4.69, 9.17) is 12.2 Å². The zero-order valence-electron chi connectivity index (χ0n) is 11.8. The molecule has 2 aliphatic heterocycles. The standard InChI is InChI=1S/C15H19N3OS/c1-10(2)16-15(20)18-9-5-8-17-13(18)11-6-3-4-7-12(11)14(17)19/h3-4,6-7,10,13H,5,8-9H2,1-2H3,(H,16,20)/t13-/m1/s1. The largest absolute Gasteiger partial charge is 0.360 e. The van der Waals surface area contributed by atoms with Crippen molar-refractivity contribution < 1.29 is 4.79 Å². The molecule has 1 amide bonds. The second-order valence-electron chi connectivity index (χ2n) is 5.61. The Hall–Kier alpha value is -1.62. The molecule has 0 aliphatic carbocycles. The molecular weight excluding hydrogens is 270 g/mol. The molecule has 4 nitrogen and oxygen atoms in total. The molecule has 0 bridgehead atoms. The van der Waals surface area contributed by atoms with Crippen molar-refractivity contribution in [3.05, 3.63) is 35.4 Å². The minimum Gasteiger partial charge on any atom is -0.360 e. The molecule has 3 rings (SSSR count). The highest BCUT2D eigenvalue weighted by Crippen LogP contribution is 2.38. The van der Waals surface area contributed by atoms with Crippen molar-refractivity contribution >= 4 is 23.2 Å². The Balaban J connectivity index is 1.95. The summed E-state index contributed by atoms with van der Waals surface area (Å²) in [6.45, 7) is 5.84. The third kappa shape index (κ3) is 2.06. The Kier molecular flexibility index (Phi) is 3.38. The van der Waals surface area contributed by atoms with Gasteiger partial charge in [0.15, 0.2) is 5.11 Å². The van der Waals surface area contributed by atoms with Crippen LogP contribution in [0.3, 0.4) is 0 Å². The van der Waals surface area contributed by atoms with Crippen molar-refractivity contribution in [2.45, 2.75) is 32.5 Å². The highest BCUT2D eigenvalue weighted by atomic mass is 32.1. The van der Waals surface area contributed by atoms with E-state index in [-0.39, 0.29) is 12.1 Å². The molecule has 20 heavy (non-hydrogen) atoms. The SMILES string of the molecule is CC(C)NC(=S)N1CCCN2C(=O)c3ccccc3[C@H]21. The number of carbonyl (C=O) groups is 1. The monoisotopic (exact) mass is 289 g/mol. The summed E-state index contributed by atoms with van der Waals surface area (Å²) in [6, 6.07) is 8.15. The van der Waals surface area contributed by atoms with Gasteiger partial charge in [0.2, 0.25) is 0 Å². The van der Waals surface area contributed by atoms with E-state index in [1.807, 2.05) is 29.2 Å². The second-order valence-corrected chi connectivity index (χ2v) is 6.00. The van der Waals surface area contributed by atoms with Crippen molar-refractivity contribution in [1.82, 2.24) is 15.1 Å². The molecule has 0 aromatic heterocycles. The van der Waals surface area contributed by atoms with Crippen LogP contribution in [0.5, 0.6) is 0 Å². The highest BCUT2D eigenvalue weighted by Gasteiger charge is 2.42. The molecule has 5 heteroatoms. The van der Waals surface area contributed by atoms with Crippen LogP contribution in [0.15, 0.2) is 24.3 Å². The number of nitrogens with one attached hydrogen (secondary N) is 1. The molecule has 1 saturated heterocycles. The van der Waals surface area contributed by atoms with Crippen LogP contribution < -0.4 is 5.32 Å². The number of hydrogen-bond donors (Lipinski definition) is 1. The number of hydrogen-bond acceptors (Lipinski definition) is 2. The van der Waals surface area contributed by atoms with Gasteiger partial charge < -0.3 is 15.1 Å². The molecule has 0 spiro atoms. The van der Waals surface area contributed by atoms with E-state index in [9.17, 15) is 4.79 Å². The summed E-state index contributed by atoms with van der Waals surface area (Å²) in [5, 5.41) is 4.03. The van der Waals surface area contributed by atoms with Gasteiger partial charge >= 0.3 is 0 Å². The topological polar surface area (TPSA) is 35.6 Å². The van der Waals surface area contributed by atoms with E-state index in [1.165, 1.54) is 0 Å². The Morgan fingerprint density at radius 1 is 1.35 bits per heavy atom. The van der Waals surface area contributed by atoms with E-state index in [0.29, 0.717) is 6.04 Å². The predicted octanol–water partition coefficient (Wildman–Crippen LogP) is 2.13. The lowest BCUT2D eigenvalue weighted by Gasteiger charge is -2.42. The lowest BCUT2D eigenvalue weighted by atomic mass is 10.1. The maximum Gasteiger partial charge on any atom is 0.256 e. The fourth-order valence-electron chi connectivity index (χ4n) is 2.99. The van der Waals surface area contributed by atoms with Crippen molar-refractivity contribution in [1.29, 1.82) is 0 Å². The summed E-state index contributed by atoms with van der Waals surface area (Å²) in [4.78, 5) is 16.5. The molecule has 1 aromatic rings. The minimum absolute atomic E-state index is 0.0359. The lowest BCUT2D eigenvalue weighted by molar-refractivity contribution is 0.0429. The zero-order valence-corrected chi connectivity index (χ0v) is 12.6. The van der Waals surface area contributed by atoms with Crippen molar-refractivity contribution in [3.63, 3.8) is 0 Å². The highest BCUT2D eigenvalue weighted by molar-refractivity contribution is 7.80. The van der Waals surface area contributed by atoms with Crippen LogP contribution in [-0.2, 0) is 0 Å². The summed E-state index contributed by atoms with van der Waals surface area (Å²) in [5.74, 6) is 0.127. The maximum atomic E-state index is 12.5. The van der Waals surface area contributed by atoms with Crippen LogP contribution in [0.1, 0.15) is 42.4 Å². The quantitative estimate of drug-likeness (QED) is 0.803. The number of nitrogens with zero attached hydrogens (tertiary/aromatic N) is 2. The molecule has 1 N–H and O–H groups in total. The summed E-state index contributed by atoms with van der Waals surface area (Å²) in [5.41, 5.74) is 1.89. The Morgan fingerprint density at radius 3 is 2.85 bits per heavy atom. The number of carbonyl (C=O) groups excluding carboxylic acids is 1. The number of thiocarbonyl (C=S) groups is 1. The number of fused-ring (bicyclic) bond motifs is 3. The third-order valence-corrected chi connectivity index (χ3v) is 4.14. The van der Waals surface area contributed by atoms with Crippen molar-refractivity contribution in [2.75, 3.05) is 13.1 Å². The predicted molar refractivity (Wildman–Crippen MR) is 82.4 cm³/mol. The first-order valence-corrected chi connectivity index (χ1v) is 7.47. The maximum absolute atomic E-state index is 12.5. The summed E-state index contributed by atoms with van der Waals surface area (Å²) >= 11 is 5.52. The van der Waals surface area contributed by atoms with Crippen LogP contribution in [-0.4, -0.2) is 40.0 Å². The van der Waals surface area contributed by atoms with Crippen LogP contribution in [0.2, 0.25) is 0 Å². The van der Waals surface area contributed by atoms with Gasteiger partial charge in [-0.15, -0.1) is 0 Å². The van der Waals surface area contributed by atoms with Gasteiger partial charge in [-0.25, -0.2) is 0 Å². The minimum atomic E-state index is -0.0359. The second kappa shape index (κ2) is 5.05. The van der Waals surface area contributed by atoms with Crippen LogP contribution >= 0.6 is 12.2 Å². The van der Waals surface area contributed by atoms with E-state index < -0.39 is 0 Å². The van der Waals surface area contributed by atoms with Crippen molar-refractivity contribution in [2.24, 2.45) is 0 Å². The Labute approximate surface area is 124 Å². The van der Waals surface area contributed by atoms with Gasteiger partial charge in [0.05, 0.1) is 0 Å². The van der Waals surface area contributed by atoms with Gasteiger partial charge in [0, 0.05) is 30.3 Å². The van der Waals surface area contributed by atoms with E-state index in [1.54, 1.807) is 0 Å². The Bertz CT molecular complexity index is 558. The number of benzene rings is 1. The zero-order chi connectivity index (χ0) is 14.3. The van der Waals surface area contributed by atoms with Gasteiger partial charge in [0.25, 0.3) is 5.91 Å². The molecule has 106 valence electrons. The summed E-state index contributed by atoms with van der Waals surface area (Å²) in [6.07, 6.45) is 0.919. The van der Waals surface area contributed by atoms with Gasteiger partial charge in [-0.2, -0.15) is 0 Å². The first-order valence-electron chi connectivity index (χ1n) is 7.06. The molecular formula is C15H19N3OS. The van der Waals surface area contributed by atoms with Crippen LogP contribution in [0.25, 0.3) is 0 Å². The summed E-state index contributed by atoms with van der Waals surface area (Å²) < 4.78 is 0. The van der Waals surface area contributed by atoms with Crippen LogP contribution in [0.4, 0.5) is 0 Å². The number of amides is 1. The van der Waals surface area contributed by atoms with Crippen LogP contribution in [0, 0.1) is 0 Å². The van der Waals surface area contributed by atoms with Crippen molar-refractivity contribution in [3.8, 4) is 0 Å². The molecule has 2 heterocycles. The van der Waals surface area contributed by atoms with Gasteiger partial charge in [-0.3, -0.25) is 4.79 Å². The number of rotatable bonds is 1. The molecule has 1 aromatic carbocycles. The molecule has 0 unspecified atom stereocenters. The van der Waals surface area contributed by atoms with E-state index >= 15 is 0 Å². The average Bonchev–Trinajstić information content (AvgIpc) is 2.72. The molecule has 2 aliphatic rings. The van der Waals surface area contributed by atoms with E-state index in [0.717, 1.165) is 35.7 Å². The van der Waals surface area contributed by atoms with E-state index in [2.05, 4.69) is 24.1 Å².